The third-order valence-electron chi connectivity index (χ3n) is 5.16. The minimum atomic E-state index is -0.797. The molecule has 0 aliphatic carbocycles. The molecule has 2 fully saturated rings. The zero-order chi connectivity index (χ0) is 21.2. The van der Waals surface area contributed by atoms with Gasteiger partial charge in [0.05, 0.1) is 12.1 Å². The number of benzene rings is 1. The molecular formula is C22H32N2O5. The van der Waals surface area contributed by atoms with Gasteiger partial charge < -0.3 is 19.1 Å². The lowest BCUT2D eigenvalue weighted by Gasteiger charge is -2.36. The van der Waals surface area contributed by atoms with Crippen molar-refractivity contribution < 1.29 is 23.8 Å². The predicted octanol–water partition coefficient (Wildman–Crippen LogP) is 4.16. The van der Waals surface area contributed by atoms with Crippen LogP contribution in [0.25, 0.3) is 0 Å². The molecule has 0 spiro atoms. The molecular weight excluding hydrogens is 372 g/mol. The first kappa shape index (κ1) is 21.4. The van der Waals surface area contributed by atoms with E-state index in [1.54, 1.807) is 9.80 Å². The number of rotatable bonds is 2. The number of likely N-dealkylation sites (tertiary alicyclic amines) is 1. The molecule has 1 aromatic rings. The lowest BCUT2D eigenvalue weighted by atomic mass is 10.1. The molecule has 0 aromatic heterocycles. The molecule has 7 heteroatoms. The third kappa shape index (κ3) is 5.21. The fourth-order valence-electron chi connectivity index (χ4n) is 3.97. The molecule has 2 aliphatic heterocycles. The van der Waals surface area contributed by atoms with Crippen LogP contribution < -0.4 is 0 Å². The van der Waals surface area contributed by atoms with E-state index in [0.717, 1.165) is 18.4 Å². The van der Waals surface area contributed by atoms with Gasteiger partial charge in [0.25, 0.3) is 0 Å². The highest BCUT2D eigenvalue weighted by molar-refractivity contribution is 5.71. The third-order valence-corrected chi connectivity index (χ3v) is 5.16. The number of fused-ring (bicyclic) bond motifs is 1. The maximum absolute atomic E-state index is 12.9. The van der Waals surface area contributed by atoms with Crippen LogP contribution in [0.2, 0.25) is 0 Å². The highest BCUT2D eigenvalue weighted by Gasteiger charge is 2.52. The molecule has 2 amide bonds. The van der Waals surface area contributed by atoms with Crippen molar-refractivity contribution in [1.82, 2.24) is 9.80 Å². The van der Waals surface area contributed by atoms with Gasteiger partial charge in [0.15, 0.2) is 0 Å². The number of amides is 2. The van der Waals surface area contributed by atoms with Crippen LogP contribution in [0.3, 0.4) is 0 Å². The molecule has 0 radical (unpaired) electrons. The van der Waals surface area contributed by atoms with Crippen molar-refractivity contribution in [3.63, 3.8) is 0 Å². The zero-order valence-electron chi connectivity index (χ0n) is 18.0. The normalized spacial score (nSPS) is 23.9. The standard InChI is InChI=1S/C22H32N2O5/c1-21(2,3)29-20(26)24-17-14-23(13-9-12-18(17)28-22(24,4)5)19(25)27-15-16-10-7-6-8-11-16/h6-8,10-11,17-18H,9,12-15H2,1-5H3/t17-,18-/m1/s1. The molecule has 2 saturated heterocycles. The summed E-state index contributed by atoms with van der Waals surface area (Å²) in [6, 6.07) is 9.32. The maximum atomic E-state index is 12.9. The fraction of sp³-hybridized carbons (Fsp3) is 0.636. The molecule has 0 unspecified atom stereocenters. The number of ether oxygens (including phenoxy) is 3. The number of nitrogens with zero attached hydrogens (tertiary/aromatic N) is 2. The van der Waals surface area contributed by atoms with E-state index in [1.165, 1.54) is 0 Å². The van der Waals surface area contributed by atoms with Crippen molar-refractivity contribution in [2.75, 3.05) is 13.1 Å². The van der Waals surface area contributed by atoms with Crippen LogP contribution in [-0.4, -0.2) is 58.5 Å². The Morgan fingerprint density at radius 1 is 1.17 bits per heavy atom. The lowest BCUT2D eigenvalue weighted by Crippen LogP contribution is -2.53. The van der Waals surface area contributed by atoms with Crippen molar-refractivity contribution in [3.8, 4) is 0 Å². The van der Waals surface area contributed by atoms with Crippen LogP contribution in [0.15, 0.2) is 30.3 Å². The van der Waals surface area contributed by atoms with Crippen molar-refractivity contribution >= 4 is 12.2 Å². The predicted molar refractivity (Wildman–Crippen MR) is 108 cm³/mol. The molecule has 2 atom stereocenters. The smallest absolute Gasteiger partial charge is 0.412 e. The van der Waals surface area contributed by atoms with E-state index in [-0.39, 0.29) is 24.8 Å². The topological polar surface area (TPSA) is 68.3 Å². The molecule has 2 heterocycles. The Morgan fingerprint density at radius 3 is 2.52 bits per heavy atom. The minimum absolute atomic E-state index is 0.135. The van der Waals surface area contributed by atoms with E-state index in [4.69, 9.17) is 14.2 Å². The maximum Gasteiger partial charge on any atom is 0.412 e. The van der Waals surface area contributed by atoms with Gasteiger partial charge in [-0.15, -0.1) is 0 Å². The molecule has 2 aliphatic rings. The first-order chi connectivity index (χ1) is 13.6. The second kappa shape index (κ2) is 8.22. The average molecular weight is 405 g/mol. The van der Waals surface area contributed by atoms with E-state index >= 15 is 0 Å². The Bertz CT molecular complexity index is 728. The Morgan fingerprint density at radius 2 is 1.86 bits per heavy atom. The van der Waals surface area contributed by atoms with Crippen LogP contribution >= 0.6 is 0 Å². The Kier molecular flexibility index (Phi) is 6.08. The van der Waals surface area contributed by atoms with Gasteiger partial charge in [-0.2, -0.15) is 0 Å². The summed E-state index contributed by atoms with van der Waals surface area (Å²) in [5.41, 5.74) is -0.465. The Labute approximate surface area is 172 Å². The van der Waals surface area contributed by atoms with E-state index in [9.17, 15) is 9.59 Å². The SMILES string of the molecule is CC(C)(C)OC(=O)N1[C@@H]2CN(C(=O)OCc3ccccc3)CCC[C@H]2OC1(C)C. The Balaban J connectivity index is 1.71. The van der Waals surface area contributed by atoms with E-state index in [0.29, 0.717) is 13.1 Å². The summed E-state index contributed by atoms with van der Waals surface area (Å²) in [5.74, 6) is 0. The average Bonchev–Trinajstić information content (AvgIpc) is 2.74. The fourth-order valence-corrected chi connectivity index (χ4v) is 3.97. The molecule has 1 aromatic carbocycles. The molecule has 7 nitrogen and oxygen atoms in total. The van der Waals surface area contributed by atoms with Crippen molar-refractivity contribution in [2.45, 2.75) is 77.5 Å². The van der Waals surface area contributed by atoms with Crippen LogP contribution in [0.5, 0.6) is 0 Å². The second-order valence-electron chi connectivity index (χ2n) is 9.15. The minimum Gasteiger partial charge on any atom is -0.445 e. The van der Waals surface area contributed by atoms with E-state index in [1.807, 2.05) is 65.0 Å². The van der Waals surface area contributed by atoms with Crippen molar-refractivity contribution in [1.29, 1.82) is 0 Å². The summed E-state index contributed by atoms with van der Waals surface area (Å²) >= 11 is 0. The molecule has 0 saturated carbocycles. The van der Waals surface area contributed by atoms with Gasteiger partial charge in [-0.1, -0.05) is 30.3 Å². The highest BCUT2D eigenvalue weighted by Crippen LogP contribution is 2.37. The van der Waals surface area contributed by atoms with Crippen LogP contribution in [0.1, 0.15) is 53.0 Å². The molecule has 3 rings (SSSR count). The first-order valence-electron chi connectivity index (χ1n) is 10.2. The largest absolute Gasteiger partial charge is 0.445 e. The van der Waals surface area contributed by atoms with Crippen LogP contribution in [-0.2, 0) is 20.8 Å². The second-order valence-corrected chi connectivity index (χ2v) is 9.15. The highest BCUT2D eigenvalue weighted by atomic mass is 16.6. The summed E-state index contributed by atoms with van der Waals surface area (Å²) in [7, 11) is 0. The summed E-state index contributed by atoms with van der Waals surface area (Å²) in [6.07, 6.45) is 0.637. The lowest BCUT2D eigenvalue weighted by molar-refractivity contribution is -0.0812. The van der Waals surface area contributed by atoms with Gasteiger partial charge in [0, 0.05) is 13.1 Å². The quantitative estimate of drug-likeness (QED) is 0.740. The number of carbonyl (C=O) groups excluding carboxylic acids is 2. The van der Waals surface area contributed by atoms with E-state index in [2.05, 4.69) is 0 Å². The summed E-state index contributed by atoms with van der Waals surface area (Å²) in [6.45, 7) is 10.4. The van der Waals surface area contributed by atoms with Gasteiger partial charge >= 0.3 is 12.2 Å². The van der Waals surface area contributed by atoms with Gasteiger partial charge in [-0.05, 0) is 53.0 Å². The van der Waals surface area contributed by atoms with E-state index < -0.39 is 17.4 Å². The monoisotopic (exact) mass is 404 g/mol. The Hall–Kier alpha value is -2.28. The number of hydrogen-bond donors (Lipinski definition) is 0. The van der Waals surface area contributed by atoms with Crippen molar-refractivity contribution in [3.05, 3.63) is 35.9 Å². The van der Waals surface area contributed by atoms with Gasteiger partial charge in [-0.25, -0.2) is 9.59 Å². The summed E-state index contributed by atoms with van der Waals surface area (Å²) in [4.78, 5) is 28.9. The first-order valence-corrected chi connectivity index (χ1v) is 10.2. The molecule has 160 valence electrons. The summed E-state index contributed by atoms with van der Waals surface area (Å²) in [5, 5.41) is 0. The van der Waals surface area contributed by atoms with Crippen molar-refractivity contribution in [2.24, 2.45) is 0 Å². The molecule has 29 heavy (non-hydrogen) atoms. The zero-order valence-corrected chi connectivity index (χ0v) is 18.0. The van der Waals surface area contributed by atoms with Gasteiger partial charge in [-0.3, -0.25) is 4.90 Å². The molecule has 0 bridgehead atoms. The van der Waals surface area contributed by atoms with Crippen LogP contribution in [0, 0.1) is 0 Å². The van der Waals surface area contributed by atoms with Gasteiger partial charge in [0.2, 0.25) is 0 Å². The van der Waals surface area contributed by atoms with Gasteiger partial charge in [0.1, 0.15) is 17.9 Å². The summed E-state index contributed by atoms with van der Waals surface area (Å²) < 4.78 is 17.3. The number of hydrogen-bond acceptors (Lipinski definition) is 5. The number of carbonyl (C=O) groups is 2. The van der Waals surface area contributed by atoms with Crippen LogP contribution in [0.4, 0.5) is 9.59 Å². The molecule has 0 N–H and O–H groups in total.